The van der Waals surface area contributed by atoms with Gasteiger partial charge in [0.2, 0.25) is 0 Å². The molecule has 12 heavy (non-hydrogen) atoms. The molecular formula is C10H21NO. The van der Waals surface area contributed by atoms with E-state index in [0.717, 1.165) is 0 Å². The van der Waals surface area contributed by atoms with Gasteiger partial charge in [0.15, 0.2) is 5.78 Å². The number of hydrogen-bond acceptors (Lipinski definition) is 2. The van der Waals surface area contributed by atoms with Crippen LogP contribution in [0.5, 0.6) is 0 Å². The fourth-order valence-corrected chi connectivity index (χ4v) is 1.07. The maximum Gasteiger partial charge on any atom is 0.157 e. The van der Waals surface area contributed by atoms with Crippen LogP contribution in [0.3, 0.4) is 0 Å². The summed E-state index contributed by atoms with van der Waals surface area (Å²) in [4.78, 5) is 11.8. The Bertz CT molecular complexity index is 175. The monoisotopic (exact) mass is 171 g/mol. The number of Topliss-reactive ketones (excluding diaryl/α,β-unsaturated/α-hetero) is 1. The van der Waals surface area contributed by atoms with E-state index >= 15 is 0 Å². The zero-order valence-electron chi connectivity index (χ0n) is 9.06. The second kappa shape index (κ2) is 3.17. The molecule has 2 N–H and O–H groups in total. The van der Waals surface area contributed by atoms with Crippen molar-refractivity contribution in [3.05, 3.63) is 0 Å². The van der Waals surface area contributed by atoms with Gasteiger partial charge in [0.05, 0.1) is 5.54 Å². The first-order valence-electron chi connectivity index (χ1n) is 4.44. The van der Waals surface area contributed by atoms with Crippen LogP contribution in [0.15, 0.2) is 0 Å². The molecule has 0 radical (unpaired) electrons. The molecule has 0 spiro atoms. The van der Waals surface area contributed by atoms with Gasteiger partial charge < -0.3 is 5.73 Å². The zero-order valence-corrected chi connectivity index (χ0v) is 9.06. The minimum absolute atomic E-state index is 0.130. The summed E-state index contributed by atoms with van der Waals surface area (Å²) in [5, 5.41) is 0. The summed E-state index contributed by atoms with van der Waals surface area (Å²) in [5.74, 6) is 0.314. The van der Waals surface area contributed by atoms with E-state index in [9.17, 15) is 4.79 Å². The fraction of sp³-hybridized carbons (Fsp3) is 0.900. The molecule has 0 aliphatic carbocycles. The van der Waals surface area contributed by atoms with Gasteiger partial charge in [-0.15, -0.1) is 0 Å². The number of carbonyl (C=O) groups is 1. The third-order valence-corrected chi connectivity index (χ3v) is 2.37. The van der Waals surface area contributed by atoms with Crippen LogP contribution in [0.1, 0.15) is 41.5 Å². The summed E-state index contributed by atoms with van der Waals surface area (Å²) in [7, 11) is 0. The molecule has 0 saturated carbocycles. The van der Waals surface area contributed by atoms with E-state index in [0.29, 0.717) is 0 Å². The number of nitrogens with two attached hydrogens (primary N) is 1. The van der Waals surface area contributed by atoms with E-state index in [4.69, 9.17) is 5.73 Å². The second-order valence-electron chi connectivity index (χ2n) is 5.02. The van der Waals surface area contributed by atoms with Gasteiger partial charge in [0.1, 0.15) is 0 Å². The summed E-state index contributed by atoms with van der Waals surface area (Å²) >= 11 is 0. The van der Waals surface area contributed by atoms with Crippen molar-refractivity contribution in [1.29, 1.82) is 0 Å². The lowest BCUT2D eigenvalue weighted by Crippen LogP contribution is -2.54. The Hall–Kier alpha value is -0.370. The predicted octanol–water partition coefficient (Wildman–Crippen LogP) is 1.98. The third kappa shape index (κ3) is 2.31. The summed E-state index contributed by atoms with van der Waals surface area (Å²) in [5.41, 5.74) is 4.90. The Morgan fingerprint density at radius 3 is 1.58 bits per heavy atom. The summed E-state index contributed by atoms with van der Waals surface area (Å²) in [6, 6.07) is 0. The van der Waals surface area contributed by atoms with Crippen LogP contribution in [0.2, 0.25) is 0 Å². The highest BCUT2D eigenvalue weighted by Gasteiger charge is 2.38. The Balaban J connectivity index is 4.70. The number of carbonyl (C=O) groups excluding carboxylic acids is 1. The van der Waals surface area contributed by atoms with Crippen LogP contribution in [0.25, 0.3) is 0 Å². The van der Waals surface area contributed by atoms with Gasteiger partial charge in [0, 0.05) is 5.41 Å². The van der Waals surface area contributed by atoms with E-state index < -0.39 is 5.54 Å². The van der Waals surface area contributed by atoms with Gasteiger partial charge in [-0.25, -0.2) is 0 Å². The first-order valence-corrected chi connectivity index (χ1v) is 4.44. The van der Waals surface area contributed by atoms with E-state index in [2.05, 4.69) is 0 Å². The van der Waals surface area contributed by atoms with Crippen LogP contribution in [0.4, 0.5) is 0 Å². The molecule has 0 amide bonds. The van der Waals surface area contributed by atoms with Crippen molar-refractivity contribution in [3.63, 3.8) is 0 Å². The third-order valence-electron chi connectivity index (χ3n) is 2.37. The molecule has 1 unspecified atom stereocenters. The molecule has 0 heterocycles. The molecule has 0 bridgehead atoms. The van der Waals surface area contributed by atoms with Gasteiger partial charge in [-0.2, -0.15) is 0 Å². The van der Waals surface area contributed by atoms with Gasteiger partial charge in [-0.3, -0.25) is 4.79 Å². The quantitative estimate of drug-likeness (QED) is 0.690. The summed E-state index contributed by atoms with van der Waals surface area (Å²) in [6.45, 7) is 11.5. The summed E-state index contributed by atoms with van der Waals surface area (Å²) in [6.07, 6.45) is 0. The average Bonchev–Trinajstić information content (AvgIpc) is 1.83. The van der Waals surface area contributed by atoms with E-state index in [1.165, 1.54) is 0 Å². The smallest absolute Gasteiger partial charge is 0.157 e. The highest BCUT2D eigenvalue weighted by molar-refractivity contribution is 5.92. The molecule has 2 heteroatoms. The standard InChI is InChI=1S/C10H21NO/c1-7(2)10(6,11)8(12)9(3,4)5/h7H,11H2,1-6H3. The zero-order chi connectivity index (χ0) is 10.2. The predicted molar refractivity (Wildman–Crippen MR) is 51.9 cm³/mol. The van der Waals surface area contributed by atoms with E-state index in [-0.39, 0.29) is 17.1 Å². The maximum atomic E-state index is 11.8. The molecular weight excluding hydrogens is 150 g/mol. The minimum Gasteiger partial charge on any atom is -0.319 e. The van der Waals surface area contributed by atoms with Gasteiger partial charge >= 0.3 is 0 Å². The second-order valence-corrected chi connectivity index (χ2v) is 5.02. The SMILES string of the molecule is CC(C)C(C)(N)C(=O)C(C)(C)C. The molecule has 2 nitrogen and oxygen atoms in total. The highest BCUT2D eigenvalue weighted by atomic mass is 16.1. The molecule has 0 aromatic heterocycles. The fourth-order valence-electron chi connectivity index (χ4n) is 1.07. The number of ketones is 1. The van der Waals surface area contributed by atoms with Crippen LogP contribution in [0, 0.1) is 11.3 Å². The molecule has 0 aromatic carbocycles. The van der Waals surface area contributed by atoms with Crippen molar-refractivity contribution in [2.45, 2.75) is 47.1 Å². The van der Waals surface area contributed by atoms with Crippen molar-refractivity contribution in [3.8, 4) is 0 Å². The molecule has 0 rings (SSSR count). The highest BCUT2D eigenvalue weighted by Crippen LogP contribution is 2.26. The van der Waals surface area contributed by atoms with Crippen molar-refractivity contribution in [2.75, 3.05) is 0 Å². The molecule has 0 saturated heterocycles. The minimum atomic E-state index is -0.696. The van der Waals surface area contributed by atoms with Crippen LogP contribution in [-0.2, 0) is 4.79 Å². The average molecular weight is 171 g/mol. The molecule has 0 fully saturated rings. The van der Waals surface area contributed by atoms with Crippen molar-refractivity contribution >= 4 is 5.78 Å². The molecule has 72 valence electrons. The maximum absolute atomic E-state index is 11.8. The lowest BCUT2D eigenvalue weighted by molar-refractivity contribution is -0.132. The van der Waals surface area contributed by atoms with Crippen molar-refractivity contribution in [1.82, 2.24) is 0 Å². The molecule has 0 aliphatic rings. The van der Waals surface area contributed by atoms with E-state index in [1.54, 1.807) is 0 Å². The van der Waals surface area contributed by atoms with Crippen LogP contribution in [-0.4, -0.2) is 11.3 Å². The van der Waals surface area contributed by atoms with Crippen molar-refractivity contribution < 1.29 is 4.79 Å². The molecule has 0 aliphatic heterocycles. The Morgan fingerprint density at radius 1 is 1.17 bits per heavy atom. The molecule has 1 atom stereocenters. The lowest BCUT2D eigenvalue weighted by Gasteiger charge is -2.33. The molecule has 0 aromatic rings. The van der Waals surface area contributed by atoms with Crippen LogP contribution >= 0.6 is 0 Å². The summed E-state index contributed by atoms with van der Waals surface area (Å²) < 4.78 is 0. The number of rotatable bonds is 2. The first kappa shape index (κ1) is 11.6. The number of hydrogen-bond donors (Lipinski definition) is 1. The van der Waals surface area contributed by atoms with Gasteiger partial charge in [0.25, 0.3) is 0 Å². The van der Waals surface area contributed by atoms with Crippen LogP contribution < -0.4 is 5.73 Å². The Labute approximate surface area is 75.5 Å². The Morgan fingerprint density at radius 2 is 1.50 bits per heavy atom. The lowest BCUT2D eigenvalue weighted by atomic mass is 9.74. The topological polar surface area (TPSA) is 43.1 Å². The Kier molecular flexibility index (Phi) is 3.07. The van der Waals surface area contributed by atoms with E-state index in [1.807, 2.05) is 41.5 Å². The normalized spacial score (nSPS) is 17.7. The first-order chi connectivity index (χ1) is 5.10. The largest absolute Gasteiger partial charge is 0.319 e. The van der Waals surface area contributed by atoms with Gasteiger partial charge in [-0.1, -0.05) is 34.6 Å². The van der Waals surface area contributed by atoms with Crippen molar-refractivity contribution in [2.24, 2.45) is 17.1 Å². The van der Waals surface area contributed by atoms with Gasteiger partial charge in [-0.05, 0) is 12.8 Å².